The van der Waals surface area contributed by atoms with Crippen molar-refractivity contribution >= 4 is 5.69 Å². The van der Waals surface area contributed by atoms with Crippen molar-refractivity contribution in [1.82, 2.24) is 14.5 Å². The van der Waals surface area contributed by atoms with Gasteiger partial charge >= 0.3 is 0 Å². The predicted octanol–water partition coefficient (Wildman–Crippen LogP) is 1.32. The first-order valence-corrected chi connectivity index (χ1v) is 6.20. The van der Waals surface area contributed by atoms with Crippen LogP contribution >= 0.6 is 0 Å². The van der Waals surface area contributed by atoms with Crippen molar-refractivity contribution in [2.45, 2.75) is 26.1 Å². The highest BCUT2D eigenvalue weighted by Crippen LogP contribution is 2.20. The molecule has 2 aromatic rings. The van der Waals surface area contributed by atoms with Gasteiger partial charge in [-0.2, -0.15) is 0 Å². The average Bonchev–Trinajstić information content (AvgIpc) is 2.86. The summed E-state index contributed by atoms with van der Waals surface area (Å²) in [4.78, 5) is 11.1. The second-order valence-corrected chi connectivity index (χ2v) is 4.69. The quantitative estimate of drug-likeness (QED) is 0.864. The smallest absolute Gasteiger partial charge is 0.128 e. The van der Waals surface area contributed by atoms with Crippen LogP contribution in [0.25, 0.3) is 0 Å². The summed E-state index contributed by atoms with van der Waals surface area (Å²) in [5.74, 6) is 1.11. The number of imidazole rings is 1. The highest BCUT2D eigenvalue weighted by Gasteiger charge is 2.17. The highest BCUT2D eigenvalue weighted by atomic mass is 15.2. The molecule has 5 nitrogen and oxygen atoms in total. The Morgan fingerprint density at radius 3 is 2.89 bits per heavy atom. The van der Waals surface area contributed by atoms with Crippen molar-refractivity contribution in [3.8, 4) is 0 Å². The third kappa shape index (κ3) is 1.97. The van der Waals surface area contributed by atoms with Crippen molar-refractivity contribution in [3.05, 3.63) is 42.2 Å². The second kappa shape index (κ2) is 4.42. The predicted molar refractivity (Wildman–Crippen MR) is 70.1 cm³/mol. The van der Waals surface area contributed by atoms with Crippen LogP contribution in [0, 0.1) is 0 Å². The lowest BCUT2D eigenvalue weighted by atomic mass is 10.2. The van der Waals surface area contributed by atoms with E-state index in [1.54, 1.807) is 0 Å². The van der Waals surface area contributed by atoms with Crippen molar-refractivity contribution in [2.75, 3.05) is 11.4 Å². The molecule has 3 rings (SSSR count). The van der Waals surface area contributed by atoms with Gasteiger partial charge in [-0.1, -0.05) is 0 Å². The second-order valence-electron chi connectivity index (χ2n) is 4.69. The van der Waals surface area contributed by atoms with Crippen LogP contribution in [0.3, 0.4) is 0 Å². The molecule has 5 heteroatoms. The Hall–Kier alpha value is -1.88. The Morgan fingerprint density at radius 2 is 2.17 bits per heavy atom. The van der Waals surface area contributed by atoms with Gasteiger partial charge in [0, 0.05) is 31.5 Å². The van der Waals surface area contributed by atoms with Crippen LogP contribution in [0.2, 0.25) is 0 Å². The average molecular weight is 243 g/mol. The SMILES string of the molecule is C[C@@H](N)c1ccc(N2CCn3ccnc3C2)cn1. The van der Waals surface area contributed by atoms with E-state index in [1.165, 1.54) is 0 Å². The minimum absolute atomic E-state index is 0.0145. The zero-order chi connectivity index (χ0) is 12.5. The molecule has 2 N–H and O–H groups in total. The van der Waals surface area contributed by atoms with Crippen LogP contribution in [0.5, 0.6) is 0 Å². The number of hydrogen-bond donors (Lipinski definition) is 1. The molecular weight excluding hydrogens is 226 g/mol. The molecular formula is C13H17N5. The van der Waals surface area contributed by atoms with E-state index in [-0.39, 0.29) is 6.04 Å². The number of nitrogens with zero attached hydrogens (tertiary/aromatic N) is 4. The molecule has 0 unspecified atom stereocenters. The largest absolute Gasteiger partial charge is 0.361 e. The maximum absolute atomic E-state index is 5.80. The molecule has 2 aromatic heterocycles. The fraction of sp³-hybridized carbons (Fsp3) is 0.385. The molecule has 0 saturated carbocycles. The molecule has 0 aromatic carbocycles. The number of hydrogen-bond acceptors (Lipinski definition) is 4. The number of rotatable bonds is 2. The van der Waals surface area contributed by atoms with Crippen LogP contribution in [0.15, 0.2) is 30.7 Å². The molecule has 1 aliphatic heterocycles. The first-order valence-electron chi connectivity index (χ1n) is 6.20. The van der Waals surface area contributed by atoms with Crippen molar-refractivity contribution in [3.63, 3.8) is 0 Å². The van der Waals surface area contributed by atoms with E-state index >= 15 is 0 Å². The number of aromatic nitrogens is 3. The van der Waals surface area contributed by atoms with Gasteiger partial charge in [0.15, 0.2) is 0 Å². The van der Waals surface area contributed by atoms with E-state index in [4.69, 9.17) is 5.73 Å². The van der Waals surface area contributed by atoms with Crippen molar-refractivity contribution in [1.29, 1.82) is 0 Å². The summed E-state index contributed by atoms with van der Waals surface area (Å²) in [7, 11) is 0. The minimum Gasteiger partial charge on any atom is -0.361 e. The van der Waals surface area contributed by atoms with Crippen molar-refractivity contribution < 1.29 is 0 Å². The Morgan fingerprint density at radius 1 is 1.28 bits per heavy atom. The molecule has 0 fully saturated rings. The number of fused-ring (bicyclic) bond motifs is 1. The lowest BCUT2D eigenvalue weighted by molar-refractivity contribution is 0.559. The summed E-state index contributed by atoms with van der Waals surface area (Å²) >= 11 is 0. The van der Waals surface area contributed by atoms with E-state index in [9.17, 15) is 0 Å². The molecule has 1 aliphatic rings. The fourth-order valence-corrected chi connectivity index (χ4v) is 2.25. The number of anilines is 1. The topological polar surface area (TPSA) is 60.0 Å². The van der Waals surface area contributed by atoms with E-state index in [0.29, 0.717) is 0 Å². The van der Waals surface area contributed by atoms with Crippen molar-refractivity contribution in [2.24, 2.45) is 5.73 Å². The van der Waals surface area contributed by atoms with Gasteiger partial charge < -0.3 is 15.2 Å². The van der Waals surface area contributed by atoms with Gasteiger partial charge in [0.2, 0.25) is 0 Å². The summed E-state index contributed by atoms with van der Waals surface area (Å²) in [6.07, 6.45) is 5.79. The molecule has 18 heavy (non-hydrogen) atoms. The Bertz CT molecular complexity index is 529. The number of nitrogens with two attached hydrogens (primary N) is 1. The molecule has 0 saturated heterocycles. The van der Waals surface area contributed by atoms with E-state index in [0.717, 1.165) is 36.8 Å². The molecule has 0 aliphatic carbocycles. The highest BCUT2D eigenvalue weighted by molar-refractivity contribution is 5.45. The van der Waals surface area contributed by atoms with Gasteiger partial charge in [0.1, 0.15) is 5.82 Å². The molecule has 0 radical (unpaired) electrons. The van der Waals surface area contributed by atoms with E-state index < -0.39 is 0 Å². The molecule has 1 atom stereocenters. The minimum atomic E-state index is -0.0145. The molecule has 3 heterocycles. The summed E-state index contributed by atoms with van der Waals surface area (Å²) in [5, 5.41) is 0. The summed E-state index contributed by atoms with van der Waals surface area (Å²) in [6.45, 7) is 4.75. The Kier molecular flexibility index (Phi) is 2.76. The van der Waals surface area contributed by atoms with Gasteiger partial charge in [-0.25, -0.2) is 4.98 Å². The van der Waals surface area contributed by atoms with Crippen LogP contribution in [-0.2, 0) is 13.1 Å². The summed E-state index contributed by atoms with van der Waals surface area (Å²) in [6, 6.07) is 4.07. The van der Waals surface area contributed by atoms with Gasteiger partial charge in [-0.15, -0.1) is 0 Å². The Balaban J connectivity index is 1.80. The zero-order valence-corrected chi connectivity index (χ0v) is 10.5. The van der Waals surface area contributed by atoms with Gasteiger partial charge in [0.05, 0.1) is 24.1 Å². The fourth-order valence-electron chi connectivity index (χ4n) is 2.25. The zero-order valence-electron chi connectivity index (χ0n) is 10.5. The monoisotopic (exact) mass is 243 g/mol. The third-order valence-electron chi connectivity index (χ3n) is 3.35. The van der Waals surface area contributed by atoms with Gasteiger partial charge in [-0.05, 0) is 19.1 Å². The van der Waals surface area contributed by atoms with Crippen LogP contribution < -0.4 is 10.6 Å². The molecule has 94 valence electrons. The summed E-state index contributed by atoms with van der Waals surface area (Å²) in [5.41, 5.74) is 7.86. The van der Waals surface area contributed by atoms with Gasteiger partial charge in [0.25, 0.3) is 0 Å². The van der Waals surface area contributed by atoms with Crippen LogP contribution in [0.4, 0.5) is 5.69 Å². The number of pyridine rings is 1. The summed E-state index contributed by atoms with van der Waals surface area (Å²) < 4.78 is 2.19. The Labute approximate surface area is 106 Å². The lowest BCUT2D eigenvalue weighted by Crippen LogP contribution is -2.33. The first kappa shape index (κ1) is 11.2. The van der Waals surface area contributed by atoms with Crippen LogP contribution in [0.1, 0.15) is 24.5 Å². The molecule has 0 spiro atoms. The maximum atomic E-state index is 5.80. The van der Waals surface area contributed by atoms with E-state index in [2.05, 4.69) is 25.5 Å². The molecule has 0 bridgehead atoms. The third-order valence-corrected chi connectivity index (χ3v) is 3.35. The first-order chi connectivity index (χ1) is 8.74. The van der Waals surface area contributed by atoms with Gasteiger partial charge in [-0.3, -0.25) is 4.98 Å². The standard InChI is InChI=1S/C13H17N5/c1-10(14)12-3-2-11(8-16-12)18-7-6-17-5-4-15-13(17)9-18/h2-5,8,10H,6-7,9,14H2,1H3/t10-/m1/s1. The van der Waals surface area contributed by atoms with Crippen LogP contribution in [-0.4, -0.2) is 21.1 Å². The maximum Gasteiger partial charge on any atom is 0.128 e. The van der Waals surface area contributed by atoms with E-state index in [1.807, 2.05) is 31.6 Å². The lowest BCUT2D eigenvalue weighted by Gasteiger charge is -2.29. The molecule has 0 amide bonds. The normalized spacial score (nSPS) is 16.4.